The van der Waals surface area contributed by atoms with Crippen LogP contribution >= 0.6 is 11.3 Å². The van der Waals surface area contributed by atoms with Gasteiger partial charge in [0.1, 0.15) is 6.10 Å². The summed E-state index contributed by atoms with van der Waals surface area (Å²) in [4.78, 5) is 5.03. The van der Waals surface area contributed by atoms with Gasteiger partial charge in [-0.15, -0.1) is 11.3 Å². The highest BCUT2D eigenvalue weighted by atomic mass is 32.1. The SMILES string of the molecule is Cc1ncc(C(O)c2cccc(-n3cccn3)c2)s1. The maximum atomic E-state index is 10.4. The normalized spacial score (nSPS) is 12.5. The number of hydrogen-bond acceptors (Lipinski definition) is 4. The first-order chi connectivity index (χ1) is 9.24. The van der Waals surface area contributed by atoms with Gasteiger partial charge in [0.2, 0.25) is 0 Å². The molecule has 4 nitrogen and oxygen atoms in total. The standard InChI is InChI=1S/C14H13N3OS/c1-10-15-9-13(19-10)14(18)11-4-2-5-12(8-11)17-7-3-6-16-17/h2-9,14,18H,1H3. The van der Waals surface area contributed by atoms with Crippen molar-refractivity contribution in [1.82, 2.24) is 14.8 Å². The van der Waals surface area contributed by atoms with Gasteiger partial charge in [0, 0.05) is 18.6 Å². The summed E-state index contributed by atoms with van der Waals surface area (Å²) in [5.41, 5.74) is 1.78. The first-order valence-electron chi connectivity index (χ1n) is 5.94. The molecule has 0 aliphatic carbocycles. The molecule has 0 radical (unpaired) electrons. The fourth-order valence-corrected chi connectivity index (χ4v) is 2.73. The van der Waals surface area contributed by atoms with Crippen LogP contribution in [-0.4, -0.2) is 19.9 Å². The van der Waals surface area contributed by atoms with Crippen LogP contribution in [0.4, 0.5) is 0 Å². The molecule has 96 valence electrons. The molecule has 1 aromatic carbocycles. The highest BCUT2D eigenvalue weighted by Crippen LogP contribution is 2.27. The van der Waals surface area contributed by atoms with Gasteiger partial charge < -0.3 is 5.11 Å². The van der Waals surface area contributed by atoms with Gasteiger partial charge in [-0.2, -0.15) is 5.10 Å². The molecule has 0 spiro atoms. The van der Waals surface area contributed by atoms with Gasteiger partial charge in [-0.05, 0) is 30.7 Å². The summed E-state index contributed by atoms with van der Waals surface area (Å²) in [5.74, 6) is 0. The number of hydrogen-bond donors (Lipinski definition) is 1. The van der Waals surface area contributed by atoms with E-state index in [2.05, 4.69) is 10.1 Å². The molecule has 0 aliphatic rings. The Hall–Kier alpha value is -1.98. The van der Waals surface area contributed by atoms with E-state index < -0.39 is 6.10 Å². The summed E-state index contributed by atoms with van der Waals surface area (Å²) in [5, 5.41) is 15.5. The lowest BCUT2D eigenvalue weighted by Crippen LogP contribution is -2.00. The van der Waals surface area contributed by atoms with E-state index in [1.54, 1.807) is 17.1 Å². The number of aliphatic hydroxyl groups excluding tert-OH is 1. The molecule has 1 N–H and O–H groups in total. The van der Waals surface area contributed by atoms with E-state index >= 15 is 0 Å². The van der Waals surface area contributed by atoms with Crippen molar-refractivity contribution in [3.05, 3.63) is 64.4 Å². The van der Waals surface area contributed by atoms with Crippen molar-refractivity contribution in [1.29, 1.82) is 0 Å². The van der Waals surface area contributed by atoms with E-state index in [-0.39, 0.29) is 0 Å². The molecular formula is C14H13N3OS. The highest BCUT2D eigenvalue weighted by Gasteiger charge is 2.13. The lowest BCUT2D eigenvalue weighted by Gasteiger charge is -2.10. The molecule has 3 rings (SSSR count). The van der Waals surface area contributed by atoms with E-state index in [0.717, 1.165) is 21.1 Å². The second-order valence-electron chi connectivity index (χ2n) is 4.23. The number of benzene rings is 1. The van der Waals surface area contributed by atoms with Crippen molar-refractivity contribution >= 4 is 11.3 Å². The number of nitrogens with zero attached hydrogens (tertiary/aromatic N) is 3. The molecule has 1 atom stereocenters. The predicted octanol–water partition coefficient (Wildman–Crippen LogP) is 2.72. The molecule has 19 heavy (non-hydrogen) atoms. The molecule has 0 saturated carbocycles. The minimum atomic E-state index is -0.637. The third-order valence-electron chi connectivity index (χ3n) is 2.86. The third kappa shape index (κ3) is 2.43. The Kier molecular flexibility index (Phi) is 3.15. The summed E-state index contributed by atoms with van der Waals surface area (Å²) >= 11 is 1.51. The van der Waals surface area contributed by atoms with Crippen LogP contribution < -0.4 is 0 Å². The van der Waals surface area contributed by atoms with Crippen molar-refractivity contribution in [2.45, 2.75) is 13.0 Å². The zero-order chi connectivity index (χ0) is 13.2. The number of aryl methyl sites for hydroxylation is 1. The Morgan fingerprint density at radius 1 is 1.32 bits per heavy atom. The van der Waals surface area contributed by atoms with E-state index in [1.807, 2.05) is 43.5 Å². The monoisotopic (exact) mass is 271 g/mol. The molecule has 0 saturated heterocycles. The first kappa shape index (κ1) is 12.1. The minimum absolute atomic E-state index is 0.637. The van der Waals surface area contributed by atoms with Crippen molar-refractivity contribution in [3.8, 4) is 5.69 Å². The largest absolute Gasteiger partial charge is 0.383 e. The molecule has 0 aliphatic heterocycles. The van der Waals surface area contributed by atoms with Gasteiger partial charge in [0.25, 0.3) is 0 Å². The van der Waals surface area contributed by atoms with Crippen LogP contribution in [0.2, 0.25) is 0 Å². The van der Waals surface area contributed by atoms with Gasteiger partial charge in [0.05, 0.1) is 15.6 Å². The van der Waals surface area contributed by atoms with Crippen molar-refractivity contribution in [2.24, 2.45) is 0 Å². The molecule has 2 heterocycles. The predicted molar refractivity (Wildman–Crippen MR) is 74.5 cm³/mol. The van der Waals surface area contributed by atoms with Gasteiger partial charge >= 0.3 is 0 Å². The lowest BCUT2D eigenvalue weighted by atomic mass is 10.1. The topological polar surface area (TPSA) is 50.9 Å². The summed E-state index contributed by atoms with van der Waals surface area (Å²) < 4.78 is 1.77. The van der Waals surface area contributed by atoms with Crippen LogP contribution in [-0.2, 0) is 0 Å². The van der Waals surface area contributed by atoms with E-state index in [1.165, 1.54) is 11.3 Å². The summed E-state index contributed by atoms with van der Waals surface area (Å²) in [6.45, 7) is 1.93. The molecule has 0 bridgehead atoms. The number of aromatic nitrogens is 3. The summed E-state index contributed by atoms with van der Waals surface area (Å²) in [6, 6.07) is 9.60. The van der Waals surface area contributed by atoms with Crippen LogP contribution in [0.5, 0.6) is 0 Å². The van der Waals surface area contributed by atoms with E-state index in [4.69, 9.17) is 0 Å². The lowest BCUT2D eigenvalue weighted by molar-refractivity contribution is 0.224. The number of thiazole rings is 1. The molecule has 2 aromatic heterocycles. The molecule has 1 unspecified atom stereocenters. The maximum Gasteiger partial charge on any atom is 0.115 e. The van der Waals surface area contributed by atoms with E-state index in [9.17, 15) is 5.11 Å². The third-order valence-corrected chi connectivity index (χ3v) is 3.83. The van der Waals surface area contributed by atoms with Crippen molar-refractivity contribution in [2.75, 3.05) is 0 Å². The Morgan fingerprint density at radius 2 is 2.21 bits per heavy atom. The molecule has 0 amide bonds. The van der Waals surface area contributed by atoms with Crippen molar-refractivity contribution in [3.63, 3.8) is 0 Å². The molecule has 5 heteroatoms. The summed E-state index contributed by atoms with van der Waals surface area (Å²) in [6.07, 6.45) is 4.70. The second kappa shape index (κ2) is 4.95. The van der Waals surface area contributed by atoms with Gasteiger partial charge in [-0.1, -0.05) is 12.1 Å². The van der Waals surface area contributed by atoms with Gasteiger partial charge in [-0.3, -0.25) is 0 Å². The first-order valence-corrected chi connectivity index (χ1v) is 6.76. The summed E-state index contributed by atoms with van der Waals surface area (Å²) in [7, 11) is 0. The minimum Gasteiger partial charge on any atom is -0.383 e. The quantitative estimate of drug-likeness (QED) is 0.797. The number of rotatable bonds is 3. The van der Waals surface area contributed by atoms with Crippen LogP contribution in [0.1, 0.15) is 21.6 Å². The second-order valence-corrected chi connectivity index (χ2v) is 5.50. The Labute approximate surface area is 115 Å². The number of aliphatic hydroxyl groups is 1. The smallest absolute Gasteiger partial charge is 0.115 e. The van der Waals surface area contributed by atoms with Crippen LogP contribution in [0, 0.1) is 6.92 Å². The Bertz CT molecular complexity index is 676. The van der Waals surface area contributed by atoms with Crippen LogP contribution in [0.15, 0.2) is 48.9 Å². The molecular weight excluding hydrogens is 258 g/mol. The fraction of sp³-hybridized carbons (Fsp3) is 0.143. The average Bonchev–Trinajstić information content (AvgIpc) is 3.09. The van der Waals surface area contributed by atoms with Gasteiger partial charge in [0.15, 0.2) is 0 Å². The van der Waals surface area contributed by atoms with Crippen molar-refractivity contribution < 1.29 is 5.11 Å². The molecule has 3 aromatic rings. The zero-order valence-electron chi connectivity index (χ0n) is 10.4. The van der Waals surface area contributed by atoms with Crippen LogP contribution in [0.25, 0.3) is 5.69 Å². The Morgan fingerprint density at radius 3 is 2.89 bits per heavy atom. The Balaban J connectivity index is 1.95. The average molecular weight is 271 g/mol. The van der Waals surface area contributed by atoms with E-state index in [0.29, 0.717) is 0 Å². The fourth-order valence-electron chi connectivity index (χ4n) is 1.93. The molecule has 0 fully saturated rings. The van der Waals surface area contributed by atoms with Crippen LogP contribution in [0.3, 0.4) is 0 Å². The maximum absolute atomic E-state index is 10.4. The van der Waals surface area contributed by atoms with Gasteiger partial charge in [-0.25, -0.2) is 9.67 Å². The highest BCUT2D eigenvalue weighted by molar-refractivity contribution is 7.11. The zero-order valence-corrected chi connectivity index (χ0v) is 11.2.